The molecule has 1 fully saturated rings. The molecule has 1 aromatic rings. The number of amides is 1. The fourth-order valence-corrected chi connectivity index (χ4v) is 3.79. The minimum atomic E-state index is 0.124. The summed E-state index contributed by atoms with van der Waals surface area (Å²) in [5, 5.41) is 6.46. The lowest BCUT2D eigenvalue weighted by Crippen LogP contribution is -2.27. The van der Waals surface area contributed by atoms with Crippen molar-refractivity contribution < 1.29 is 4.79 Å². The number of hydrogen-bond acceptors (Lipinski definition) is 3. The minimum Gasteiger partial charge on any atom is -0.350 e. The van der Waals surface area contributed by atoms with Gasteiger partial charge in [-0.3, -0.25) is 4.79 Å². The highest BCUT2D eigenvalue weighted by Crippen LogP contribution is 2.26. The minimum absolute atomic E-state index is 0.124. The van der Waals surface area contributed by atoms with Crippen LogP contribution in [0.25, 0.3) is 0 Å². The Kier molecular flexibility index (Phi) is 4.99. The molecular weight excluding hydrogens is 256 g/mol. The van der Waals surface area contributed by atoms with Gasteiger partial charge in [-0.25, -0.2) is 0 Å². The van der Waals surface area contributed by atoms with Gasteiger partial charge in [0.15, 0.2) is 0 Å². The molecular formula is C15H24N2OS. The van der Waals surface area contributed by atoms with E-state index in [0.29, 0.717) is 12.3 Å². The third kappa shape index (κ3) is 4.05. The summed E-state index contributed by atoms with van der Waals surface area (Å²) in [6, 6.07) is 2.31. The number of rotatable bonds is 5. The van der Waals surface area contributed by atoms with E-state index in [1.165, 1.54) is 21.7 Å². The second-order valence-electron chi connectivity index (χ2n) is 5.56. The topological polar surface area (TPSA) is 41.1 Å². The summed E-state index contributed by atoms with van der Waals surface area (Å²) in [5.74, 6) is 0.869. The Morgan fingerprint density at radius 2 is 2.37 bits per heavy atom. The second kappa shape index (κ2) is 6.53. The van der Waals surface area contributed by atoms with Crippen molar-refractivity contribution in [2.45, 2.75) is 46.1 Å². The SMILES string of the molecule is Cc1cc(C(C)NC(=O)CCC2CCNC2)c(C)s1. The first-order valence-corrected chi connectivity index (χ1v) is 7.95. The van der Waals surface area contributed by atoms with Crippen molar-refractivity contribution in [3.63, 3.8) is 0 Å². The predicted molar refractivity (Wildman–Crippen MR) is 80.6 cm³/mol. The number of thiophene rings is 1. The normalized spacial score (nSPS) is 20.5. The molecule has 2 atom stereocenters. The number of carbonyl (C=O) groups excluding carboxylic acids is 1. The van der Waals surface area contributed by atoms with Gasteiger partial charge in [-0.1, -0.05) is 0 Å². The van der Waals surface area contributed by atoms with Crippen LogP contribution in [0.2, 0.25) is 0 Å². The summed E-state index contributed by atoms with van der Waals surface area (Å²) in [4.78, 5) is 14.6. The van der Waals surface area contributed by atoms with Crippen molar-refractivity contribution in [1.82, 2.24) is 10.6 Å². The van der Waals surface area contributed by atoms with Gasteiger partial charge < -0.3 is 10.6 Å². The molecule has 2 rings (SSSR count). The average Bonchev–Trinajstić information content (AvgIpc) is 2.96. The summed E-state index contributed by atoms with van der Waals surface area (Å²) in [7, 11) is 0. The fraction of sp³-hybridized carbons (Fsp3) is 0.667. The van der Waals surface area contributed by atoms with E-state index in [1.54, 1.807) is 11.3 Å². The smallest absolute Gasteiger partial charge is 0.220 e. The van der Waals surface area contributed by atoms with Crippen molar-refractivity contribution >= 4 is 17.2 Å². The van der Waals surface area contributed by atoms with E-state index in [-0.39, 0.29) is 11.9 Å². The highest BCUT2D eigenvalue weighted by atomic mass is 32.1. The molecule has 0 saturated carbocycles. The van der Waals surface area contributed by atoms with Gasteiger partial charge in [0.05, 0.1) is 6.04 Å². The standard InChI is InChI=1S/C15H24N2OS/c1-10-8-14(12(3)19-10)11(2)17-15(18)5-4-13-6-7-16-9-13/h8,11,13,16H,4-7,9H2,1-3H3,(H,17,18). The van der Waals surface area contributed by atoms with Crippen LogP contribution in [0.15, 0.2) is 6.07 Å². The molecule has 2 unspecified atom stereocenters. The number of nitrogens with one attached hydrogen (secondary N) is 2. The Bertz CT molecular complexity index is 435. The van der Waals surface area contributed by atoms with Gasteiger partial charge >= 0.3 is 0 Å². The highest BCUT2D eigenvalue weighted by molar-refractivity contribution is 7.12. The number of hydrogen-bond donors (Lipinski definition) is 2. The van der Waals surface area contributed by atoms with Crippen LogP contribution in [0.4, 0.5) is 0 Å². The highest BCUT2D eigenvalue weighted by Gasteiger charge is 2.17. The van der Waals surface area contributed by atoms with E-state index in [0.717, 1.165) is 19.5 Å². The monoisotopic (exact) mass is 280 g/mol. The molecule has 4 heteroatoms. The van der Waals surface area contributed by atoms with Crippen LogP contribution in [0.3, 0.4) is 0 Å². The fourth-order valence-electron chi connectivity index (χ4n) is 2.77. The number of carbonyl (C=O) groups is 1. The maximum atomic E-state index is 12.0. The molecule has 1 saturated heterocycles. The van der Waals surface area contributed by atoms with E-state index >= 15 is 0 Å². The lowest BCUT2D eigenvalue weighted by Gasteiger charge is -2.15. The Hall–Kier alpha value is -0.870. The van der Waals surface area contributed by atoms with Crippen LogP contribution in [-0.2, 0) is 4.79 Å². The van der Waals surface area contributed by atoms with Crippen molar-refractivity contribution in [2.24, 2.45) is 5.92 Å². The lowest BCUT2D eigenvalue weighted by molar-refractivity contribution is -0.122. The zero-order valence-electron chi connectivity index (χ0n) is 12.1. The number of aryl methyl sites for hydroxylation is 2. The average molecular weight is 280 g/mol. The molecule has 0 aliphatic carbocycles. The first kappa shape index (κ1) is 14.5. The maximum Gasteiger partial charge on any atom is 0.220 e. The zero-order valence-corrected chi connectivity index (χ0v) is 12.9. The van der Waals surface area contributed by atoms with Crippen LogP contribution in [0, 0.1) is 19.8 Å². The summed E-state index contributed by atoms with van der Waals surface area (Å²) >= 11 is 1.80. The van der Waals surface area contributed by atoms with E-state index in [9.17, 15) is 4.79 Å². The van der Waals surface area contributed by atoms with Gasteiger partial charge in [-0.2, -0.15) is 0 Å². The van der Waals surface area contributed by atoms with Gasteiger partial charge in [0.25, 0.3) is 0 Å². The van der Waals surface area contributed by atoms with E-state index in [2.05, 4.69) is 37.5 Å². The van der Waals surface area contributed by atoms with Crippen molar-refractivity contribution in [3.8, 4) is 0 Å². The van der Waals surface area contributed by atoms with Crippen LogP contribution < -0.4 is 10.6 Å². The third-order valence-corrected chi connectivity index (χ3v) is 4.85. The predicted octanol–water partition coefficient (Wildman–Crippen LogP) is 2.93. The van der Waals surface area contributed by atoms with E-state index in [4.69, 9.17) is 0 Å². The van der Waals surface area contributed by atoms with Gasteiger partial charge in [-0.15, -0.1) is 11.3 Å². The Morgan fingerprint density at radius 3 is 2.95 bits per heavy atom. The van der Waals surface area contributed by atoms with Gasteiger partial charge in [0, 0.05) is 16.2 Å². The molecule has 1 aliphatic rings. The molecule has 1 aliphatic heterocycles. The molecule has 1 aromatic heterocycles. The zero-order chi connectivity index (χ0) is 13.8. The van der Waals surface area contributed by atoms with Gasteiger partial charge in [-0.05, 0) is 64.3 Å². The van der Waals surface area contributed by atoms with Crippen LogP contribution in [-0.4, -0.2) is 19.0 Å². The molecule has 19 heavy (non-hydrogen) atoms. The van der Waals surface area contributed by atoms with E-state index in [1.807, 2.05) is 0 Å². The first-order valence-electron chi connectivity index (χ1n) is 7.13. The molecule has 3 nitrogen and oxygen atoms in total. The maximum absolute atomic E-state index is 12.0. The lowest BCUT2D eigenvalue weighted by atomic mass is 10.0. The first-order chi connectivity index (χ1) is 9.06. The molecule has 0 spiro atoms. The quantitative estimate of drug-likeness (QED) is 0.870. The van der Waals surface area contributed by atoms with Crippen molar-refractivity contribution in [3.05, 3.63) is 21.4 Å². The second-order valence-corrected chi connectivity index (χ2v) is 7.02. The summed E-state index contributed by atoms with van der Waals surface area (Å²) in [5.41, 5.74) is 1.26. The van der Waals surface area contributed by atoms with Crippen LogP contribution in [0.1, 0.15) is 47.5 Å². The van der Waals surface area contributed by atoms with Gasteiger partial charge in [0.2, 0.25) is 5.91 Å². The van der Waals surface area contributed by atoms with E-state index < -0.39 is 0 Å². The van der Waals surface area contributed by atoms with Crippen LogP contribution >= 0.6 is 11.3 Å². The Labute approximate surface area is 119 Å². The Morgan fingerprint density at radius 1 is 1.58 bits per heavy atom. The summed E-state index contributed by atoms with van der Waals surface area (Å²) in [6.07, 6.45) is 2.87. The largest absolute Gasteiger partial charge is 0.350 e. The van der Waals surface area contributed by atoms with Crippen molar-refractivity contribution in [1.29, 1.82) is 0 Å². The van der Waals surface area contributed by atoms with Gasteiger partial charge in [0.1, 0.15) is 0 Å². The summed E-state index contributed by atoms with van der Waals surface area (Å²) in [6.45, 7) is 8.49. The molecule has 2 N–H and O–H groups in total. The van der Waals surface area contributed by atoms with Crippen molar-refractivity contribution in [2.75, 3.05) is 13.1 Å². The molecule has 0 bridgehead atoms. The Balaban J connectivity index is 1.79. The molecule has 0 aromatic carbocycles. The summed E-state index contributed by atoms with van der Waals surface area (Å²) < 4.78 is 0. The van der Waals surface area contributed by atoms with Crippen LogP contribution in [0.5, 0.6) is 0 Å². The third-order valence-electron chi connectivity index (χ3n) is 3.87. The molecule has 0 radical (unpaired) electrons. The molecule has 2 heterocycles. The molecule has 1 amide bonds. The molecule has 106 valence electrons.